The number of hydrogen-bond donors (Lipinski definition) is 1. The van der Waals surface area contributed by atoms with Crippen molar-refractivity contribution in [1.82, 2.24) is 25.5 Å². The van der Waals surface area contributed by atoms with Crippen molar-refractivity contribution in [3.05, 3.63) is 5.82 Å². The third kappa shape index (κ3) is 2.76. The van der Waals surface area contributed by atoms with E-state index in [4.69, 9.17) is 4.74 Å². The highest BCUT2D eigenvalue weighted by atomic mass is 16.5. The molecule has 1 aliphatic heterocycles. The molecule has 1 aromatic rings. The molecule has 16 heavy (non-hydrogen) atoms. The highest BCUT2D eigenvalue weighted by Gasteiger charge is 2.26. The summed E-state index contributed by atoms with van der Waals surface area (Å²) in [7, 11) is 1.78. The number of nitrogens with one attached hydrogen (secondary N) is 1. The van der Waals surface area contributed by atoms with Gasteiger partial charge in [-0.2, -0.15) is 4.80 Å². The van der Waals surface area contributed by atoms with Crippen LogP contribution in [0.15, 0.2) is 0 Å². The van der Waals surface area contributed by atoms with Gasteiger partial charge in [-0.25, -0.2) is 0 Å². The van der Waals surface area contributed by atoms with Gasteiger partial charge in [0.1, 0.15) is 0 Å². The average Bonchev–Trinajstić information content (AvgIpc) is 2.88. The summed E-state index contributed by atoms with van der Waals surface area (Å²) >= 11 is 0. The van der Waals surface area contributed by atoms with Crippen LogP contribution in [0.4, 0.5) is 0 Å². The van der Waals surface area contributed by atoms with Crippen LogP contribution in [-0.2, 0) is 18.2 Å². The molecular weight excluding hydrogens is 206 g/mol. The van der Waals surface area contributed by atoms with E-state index in [-0.39, 0.29) is 0 Å². The second-order valence-corrected chi connectivity index (χ2v) is 4.11. The molecule has 0 amide bonds. The quantitative estimate of drug-likeness (QED) is 0.758. The minimum Gasteiger partial charge on any atom is -0.377 e. The van der Waals surface area contributed by atoms with Crippen molar-refractivity contribution in [2.75, 3.05) is 13.2 Å². The fourth-order valence-electron chi connectivity index (χ4n) is 2.12. The Labute approximate surface area is 95.4 Å². The van der Waals surface area contributed by atoms with E-state index < -0.39 is 0 Å². The average molecular weight is 225 g/mol. The van der Waals surface area contributed by atoms with Gasteiger partial charge in [0, 0.05) is 19.1 Å². The fraction of sp³-hybridized carbons (Fsp3) is 0.900. The number of hydrogen-bond acceptors (Lipinski definition) is 5. The molecule has 1 fully saturated rings. The van der Waals surface area contributed by atoms with E-state index in [9.17, 15) is 0 Å². The molecule has 1 saturated heterocycles. The van der Waals surface area contributed by atoms with Crippen molar-refractivity contribution in [3.63, 3.8) is 0 Å². The second-order valence-electron chi connectivity index (χ2n) is 4.11. The van der Waals surface area contributed by atoms with Gasteiger partial charge in [-0.15, -0.1) is 10.2 Å². The molecule has 6 nitrogen and oxygen atoms in total. The highest BCUT2D eigenvalue weighted by Crippen LogP contribution is 2.17. The summed E-state index contributed by atoms with van der Waals surface area (Å²) in [6, 6.07) is 0.303. The van der Waals surface area contributed by atoms with E-state index in [1.165, 1.54) is 4.80 Å². The smallest absolute Gasteiger partial charge is 0.176 e. The first-order valence-corrected chi connectivity index (χ1v) is 5.87. The number of rotatable bonds is 5. The summed E-state index contributed by atoms with van der Waals surface area (Å²) in [6.45, 7) is 3.91. The SMILES string of the molecule is CCNC(Cc1nnn(C)n1)C1CCCO1. The van der Waals surface area contributed by atoms with Crippen molar-refractivity contribution in [3.8, 4) is 0 Å². The minimum atomic E-state index is 0.295. The molecule has 2 rings (SSSR count). The van der Waals surface area contributed by atoms with Gasteiger partial charge in [0.05, 0.1) is 13.2 Å². The van der Waals surface area contributed by atoms with Crippen molar-refractivity contribution in [2.45, 2.75) is 38.3 Å². The topological polar surface area (TPSA) is 64.9 Å². The van der Waals surface area contributed by atoms with Gasteiger partial charge >= 0.3 is 0 Å². The lowest BCUT2D eigenvalue weighted by atomic mass is 10.0. The Bertz CT molecular complexity index is 321. The number of tetrazole rings is 1. The Morgan fingerprint density at radius 1 is 1.62 bits per heavy atom. The van der Waals surface area contributed by atoms with Crippen molar-refractivity contribution >= 4 is 0 Å². The van der Waals surface area contributed by atoms with Crippen LogP contribution in [0.3, 0.4) is 0 Å². The van der Waals surface area contributed by atoms with E-state index in [1.54, 1.807) is 7.05 Å². The zero-order valence-corrected chi connectivity index (χ0v) is 9.89. The van der Waals surface area contributed by atoms with Gasteiger partial charge in [-0.3, -0.25) is 0 Å². The zero-order valence-electron chi connectivity index (χ0n) is 9.89. The Balaban J connectivity index is 1.96. The van der Waals surface area contributed by atoms with Crippen LogP contribution in [0, 0.1) is 0 Å². The standard InChI is InChI=1S/C10H19N5O/c1-3-11-8(9-5-4-6-16-9)7-10-12-14-15(2)13-10/h8-9,11H,3-7H2,1-2H3. The third-order valence-corrected chi connectivity index (χ3v) is 2.83. The first kappa shape index (κ1) is 11.5. The maximum Gasteiger partial charge on any atom is 0.176 e. The van der Waals surface area contributed by atoms with Crippen molar-refractivity contribution in [1.29, 1.82) is 0 Å². The minimum absolute atomic E-state index is 0.295. The van der Waals surface area contributed by atoms with Crippen LogP contribution < -0.4 is 5.32 Å². The maximum atomic E-state index is 5.70. The van der Waals surface area contributed by atoms with Crippen LogP contribution >= 0.6 is 0 Å². The van der Waals surface area contributed by atoms with Gasteiger partial charge in [0.2, 0.25) is 0 Å². The Hall–Kier alpha value is -1.01. The number of nitrogens with zero attached hydrogens (tertiary/aromatic N) is 4. The van der Waals surface area contributed by atoms with E-state index in [2.05, 4.69) is 27.7 Å². The van der Waals surface area contributed by atoms with Gasteiger partial charge in [-0.05, 0) is 24.6 Å². The van der Waals surface area contributed by atoms with Crippen molar-refractivity contribution < 1.29 is 4.74 Å². The Morgan fingerprint density at radius 2 is 2.50 bits per heavy atom. The van der Waals surface area contributed by atoms with E-state index in [1.807, 2.05) is 0 Å². The maximum absolute atomic E-state index is 5.70. The van der Waals surface area contributed by atoms with Crippen molar-refractivity contribution in [2.24, 2.45) is 7.05 Å². The summed E-state index contributed by atoms with van der Waals surface area (Å²) in [5, 5.41) is 15.5. The summed E-state index contributed by atoms with van der Waals surface area (Å²) < 4.78 is 5.70. The fourth-order valence-corrected chi connectivity index (χ4v) is 2.12. The molecule has 0 radical (unpaired) electrons. The third-order valence-electron chi connectivity index (χ3n) is 2.83. The molecule has 2 heterocycles. The monoisotopic (exact) mass is 225 g/mol. The normalized spacial score (nSPS) is 22.5. The van der Waals surface area contributed by atoms with Crippen LogP contribution in [-0.4, -0.2) is 45.5 Å². The van der Waals surface area contributed by atoms with Crippen LogP contribution in [0.2, 0.25) is 0 Å². The number of ether oxygens (including phenoxy) is 1. The van der Waals surface area contributed by atoms with E-state index in [0.717, 1.165) is 38.2 Å². The summed E-state index contributed by atoms with van der Waals surface area (Å²) in [5.41, 5.74) is 0. The number of aromatic nitrogens is 4. The molecular formula is C10H19N5O. The lowest BCUT2D eigenvalue weighted by molar-refractivity contribution is 0.0782. The van der Waals surface area contributed by atoms with Crippen LogP contribution in [0.5, 0.6) is 0 Å². The lowest BCUT2D eigenvalue weighted by Gasteiger charge is -2.22. The Morgan fingerprint density at radius 3 is 3.06 bits per heavy atom. The van der Waals surface area contributed by atoms with Crippen LogP contribution in [0.25, 0.3) is 0 Å². The summed E-state index contributed by atoms with van der Waals surface area (Å²) in [6.07, 6.45) is 3.36. The molecule has 0 saturated carbocycles. The second kappa shape index (κ2) is 5.36. The van der Waals surface area contributed by atoms with Crippen LogP contribution in [0.1, 0.15) is 25.6 Å². The van der Waals surface area contributed by atoms with Gasteiger partial charge in [0.15, 0.2) is 5.82 Å². The lowest BCUT2D eigenvalue weighted by Crippen LogP contribution is -2.41. The summed E-state index contributed by atoms with van der Waals surface area (Å²) in [5.74, 6) is 0.781. The van der Waals surface area contributed by atoms with E-state index in [0.29, 0.717) is 12.1 Å². The number of aryl methyl sites for hydroxylation is 1. The molecule has 0 spiro atoms. The molecule has 1 aromatic heterocycles. The Kier molecular flexibility index (Phi) is 3.84. The zero-order chi connectivity index (χ0) is 11.4. The first-order chi connectivity index (χ1) is 7.79. The predicted molar refractivity (Wildman–Crippen MR) is 58.9 cm³/mol. The summed E-state index contributed by atoms with van der Waals surface area (Å²) in [4.78, 5) is 1.49. The molecule has 2 atom stereocenters. The van der Waals surface area contributed by atoms with Gasteiger partial charge < -0.3 is 10.1 Å². The van der Waals surface area contributed by atoms with E-state index >= 15 is 0 Å². The molecule has 1 N–H and O–H groups in total. The molecule has 2 unspecified atom stereocenters. The van der Waals surface area contributed by atoms with Gasteiger partial charge in [0.25, 0.3) is 0 Å². The molecule has 6 heteroatoms. The molecule has 0 bridgehead atoms. The van der Waals surface area contributed by atoms with Gasteiger partial charge in [-0.1, -0.05) is 6.92 Å². The predicted octanol–water partition coefficient (Wildman–Crippen LogP) is -0.0903. The first-order valence-electron chi connectivity index (χ1n) is 5.87. The number of likely N-dealkylation sites (N-methyl/N-ethyl adjacent to an activating group) is 1. The molecule has 90 valence electrons. The molecule has 0 aromatic carbocycles. The largest absolute Gasteiger partial charge is 0.377 e. The molecule has 0 aliphatic carbocycles. The molecule has 1 aliphatic rings. The highest BCUT2D eigenvalue weighted by molar-refractivity contribution is 4.90.